The van der Waals surface area contributed by atoms with E-state index in [1.807, 2.05) is 13.8 Å². The lowest BCUT2D eigenvalue weighted by Crippen LogP contribution is -2.07. The fraction of sp³-hybridized carbons (Fsp3) is 0.400. The molecule has 0 saturated heterocycles. The zero-order valence-corrected chi connectivity index (χ0v) is 10.2. The molecule has 4 nitrogen and oxygen atoms in total. The highest BCUT2D eigenvalue weighted by Gasteiger charge is 2.10. The van der Waals surface area contributed by atoms with Gasteiger partial charge in [-0.1, -0.05) is 0 Å². The van der Waals surface area contributed by atoms with Crippen molar-refractivity contribution in [1.29, 1.82) is 0 Å². The Morgan fingerprint density at radius 3 is 2.13 bits per heavy atom. The van der Waals surface area contributed by atoms with Crippen molar-refractivity contribution in [3.05, 3.63) is 9.75 Å². The minimum Gasteiger partial charge on any atom is -0.396 e. The lowest BCUT2D eigenvalue weighted by molar-refractivity contribution is -0.114. The van der Waals surface area contributed by atoms with Crippen LogP contribution in [0.15, 0.2) is 0 Å². The Labute approximate surface area is 93.5 Å². The van der Waals surface area contributed by atoms with Crippen LogP contribution in [0.4, 0.5) is 11.4 Å². The van der Waals surface area contributed by atoms with Gasteiger partial charge in [0.15, 0.2) is 0 Å². The Morgan fingerprint density at radius 2 is 1.87 bits per heavy atom. The second-order valence-electron chi connectivity index (χ2n) is 2.92. The summed E-state index contributed by atoms with van der Waals surface area (Å²) < 4.78 is 0. The van der Waals surface area contributed by atoms with E-state index in [0.717, 1.165) is 21.7 Å². The molecule has 0 fully saturated rings. The average molecular weight is 228 g/mol. The van der Waals surface area contributed by atoms with Gasteiger partial charge < -0.3 is 15.8 Å². The van der Waals surface area contributed by atoms with Crippen LogP contribution < -0.4 is 11.1 Å². The largest absolute Gasteiger partial charge is 0.396 e. The summed E-state index contributed by atoms with van der Waals surface area (Å²) in [7, 11) is 0. The summed E-state index contributed by atoms with van der Waals surface area (Å²) in [4.78, 5) is 21.7. The number of hydrogen-bond acceptors (Lipinski definition) is 4. The van der Waals surface area contributed by atoms with Crippen molar-refractivity contribution in [3.63, 3.8) is 0 Å². The number of anilines is 2. The number of hydrogen-bond donors (Lipinski definition) is 2. The Balaban J connectivity index is 0.000000583. The number of nitrogens with one attached hydrogen (secondary N) is 1. The van der Waals surface area contributed by atoms with E-state index in [4.69, 9.17) is 10.5 Å². The molecule has 0 aliphatic rings. The van der Waals surface area contributed by atoms with Gasteiger partial charge in [-0.25, -0.2) is 0 Å². The third-order valence-electron chi connectivity index (χ3n) is 1.61. The number of carbonyl (C=O) groups is 2. The summed E-state index contributed by atoms with van der Waals surface area (Å²) in [6.45, 7) is 6.81. The third kappa shape index (κ3) is 4.12. The highest BCUT2D eigenvalue weighted by atomic mass is 32.1. The number of rotatable bonds is 1. The van der Waals surface area contributed by atoms with Crippen LogP contribution in [0, 0.1) is 13.8 Å². The van der Waals surface area contributed by atoms with E-state index in [0.29, 0.717) is 5.69 Å². The average Bonchev–Trinajstić information content (AvgIpc) is 2.33. The van der Waals surface area contributed by atoms with Gasteiger partial charge in [-0.05, 0) is 20.8 Å². The molecular formula is C10H16N2O2S. The van der Waals surface area contributed by atoms with Gasteiger partial charge in [-0.3, -0.25) is 4.79 Å². The first-order valence-electron chi connectivity index (χ1n) is 4.46. The summed E-state index contributed by atoms with van der Waals surface area (Å²) in [6.07, 6.45) is 0.750. The molecule has 0 aromatic carbocycles. The van der Waals surface area contributed by atoms with Gasteiger partial charge in [0, 0.05) is 16.7 Å². The van der Waals surface area contributed by atoms with E-state index >= 15 is 0 Å². The topological polar surface area (TPSA) is 72.2 Å². The predicted molar refractivity (Wildman–Crippen MR) is 64.2 cm³/mol. The van der Waals surface area contributed by atoms with Crippen LogP contribution in [0.25, 0.3) is 0 Å². The maximum absolute atomic E-state index is 10.8. The molecule has 1 aromatic heterocycles. The van der Waals surface area contributed by atoms with Crippen LogP contribution in [0.5, 0.6) is 0 Å². The normalized spacial score (nSPS) is 8.80. The number of nitrogen functional groups attached to an aromatic ring is 1. The maximum Gasteiger partial charge on any atom is 0.221 e. The molecule has 0 unspecified atom stereocenters. The molecule has 0 atom stereocenters. The van der Waals surface area contributed by atoms with E-state index in [-0.39, 0.29) is 5.91 Å². The number of aldehydes is 1. The molecule has 0 radical (unpaired) electrons. The fourth-order valence-electron chi connectivity index (χ4n) is 1.03. The summed E-state index contributed by atoms with van der Waals surface area (Å²) in [5.74, 6) is -0.0809. The highest BCUT2D eigenvalue weighted by molar-refractivity contribution is 7.13. The molecule has 3 N–H and O–H groups in total. The molecule has 0 bridgehead atoms. The minimum absolute atomic E-state index is 0.0809. The van der Waals surface area contributed by atoms with E-state index in [9.17, 15) is 4.79 Å². The lowest BCUT2D eigenvalue weighted by atomic mass is 10.3. The second kappa shape index (κ2) is 6.19. The number of amides is 1. The van der Waals surface area contributed by atoms with Crippen molar-refractivity contribution in [2.45, 2.75) is 27.7 Å². The van der Waals surface area contributed by atoms with Gasteiger partial charge in [0.2, 0.25) is 5.91 Å². The van der Waals surface area contributed by atoms with Crippen molar-refractivity contribution in [2.75, 3.05) is 11.1 Å². The van der Waals surface area contributed by atoms with Crippen molar-refractivity contribution in [1.82, 2.24) is 0 Å². The Bertz CT molecular complexity index is 359. The predicted octanol–water partition coefficient (Wildman–Crippen LogP) is 2.11. The molecule has 1 heterocycles. The number of aryl methyl sites for hydroxylation is 2. The van der Waals surface area contributed by atoms with Crippen molar-refractivity contribution >= 4 is 34.9 Å². The molecule has 0 aliphatic carbocycles. The van der Waals surface area contributed by atoms with E-state index in [1.54, 1.807) is 11.3 Å². The molecule has 15 heavy (non-hydrogen) atoms. The van der Waals surface area contributed by atoms with Gasteiger partial charge in [-0.15, -0.1) is 11.3 Å². The van der Waals surface area contributed by atoms with E-state index in [1.165, 1.54) is 13.8 Å². The van der Waals surface area contributed by atoms with Crippen molar-refractivity contribution in [3.8, 4) is 0 Å². The Morgan fingerprint density at radius 1 is 1.40 bits per heavy atom. The van der Waals surface area contributed by atoms with Crippen LogP contribution >= 0.6 is 11.3 Å². The van der Waals surface area contributed by atoms with Crippen molar-refractivity contribution < 1.29 is 9.59 Å². The molecule has 0 aliphatic heterocycles. The van der Waals surface area contributed by atoms with E-state index in [2.05, 4.69) is 5.32 Å². The molecule has 1 rings (SSSR count). The van der Waals surface area contributed by atoms with E-state index < -0.39 is 0 Å². The molecule has 5 heteroatoms. The summed E-state index contributed by atoms with van der Waals surface area (Å²) in [6, 6.07) is 0. The minimum atomic E-state index is -0.0809. The zero-order valence-electron chi connectivity index (χ0n) is 9.38. The first-order chi connectivity index (χ1) is 6.93. The SMILES string of the molecule is CC(=O)Nc1c(C)sc(C)c1N.CC=O. The number of thiophene rings is 1. The van der Waals surface area contributed by atoms with Crippen LogP contribution in [-0.2, 0) is 9.59 Å². The van der Waals surface area contributed by atoms with Crippen LogP contribution in [-0.4, -0.2) is 12.2 Å². The quantitative estimate of drug-likeness (QED) is 0.723. The molecular weight excluding hydrogens is 212 g/mol. The first-order valence-corrected chi connectivity index (χ1v) is 5.28. The van der Waals surface area contributed by atoms with Crippen LogP contribution in [0.1, 0.15) is 23.6 Å². The van der Waals surface area contributed by atoms with Gasteiger partial charge >= 0.3 is 0 Å². The first kappa shape index (κ1) is 13.6. The van der Waals surface area contributed by atoms with Crippen LogP contribution in [0.2, 0.25) is 0 Å². The van der Waals surface area contributed by atoms with Crippen LogP contribution in [0.3, 0.4) is 0 Å². The third-order valence-corrected chi connectivity index (χ3v) is 2.64. The Hall–Kier alpha value is -1.36. The molecule has 0 saturated carbocycles. The molecule has 84 valence electrons. The van der Waals surface area contributed by atoms with Gasteiger partial charge in [0.25, 0.3) is 0 Å². The smallest absolute Gasteiger partial charge is 0.221 e. The second-order valence-corrected chi connectivity index (χ2v) is 4.35. The highest BCUT2D eigenvalue weighted by Crippen LogP contribution is 2.34. The summed E-state index contributed by atoms with van der Waals surface area (Å²) >= 11 is 1.60. The Kier molecular flexibility index (Phi) is 5.62. The van der Waals surface area contributed by atoms with Gasteiger partial charge in [-0.2, -0.15) is 0 Å². The van der Waals surface area contributed by atoms with Crippen molar-refractivity contribution in [2.24, 2.45) is 0 Å². The molecule has 0 spiro atoms. The lowest BCUT2D eigenvalue weighted by Gasteiger charge is -2.01. The maximum atomic E-state index is 10.8. The van der Waals surface area contributed by atoms with Gasteiger partial charge in [0.05, 0.1) is 11.4 Å². The summed E-state index contributed by atoms with van der Waals surface area (Å²) in [5, 5.41) is 2.71. The fourth-order valence-corrected chi connectivity index (χ4v) is 1.97. The van der Waals surface area contributed by atoms with Gasteiger partial charge in [0.1, 0.15) is 6.29 Å². The monoisotopic (exact) mass is 228 g/mol. The zero-order chi connectivity index (χ0) is 12.0. The number of carbonyl (C=O) groups excluding carboxylic acids is 2. The molecule has 1 amide bonds. The molecule has 1 aromatic rings. The number of nitrogens with two attached hydrogens (primary N) is 1. The summed E-state index contributed by atoms with van der Waals surface area (Å²) in [5.41, 5.74) is 7.20. The standard InChI is InChI=1S/C8H12N2OS.C2H4O/c1-4-7(9)8(5(2)12-4)10-6(3)11;1-2-3/h9H2,1-3H3,(H,10,11);2H,1H3.